The molecular weight excluding hydrogens is 534 g/mol. The average molecular weight is 560 g/mol. The van der Waals surface area contributed by atoms with Crippen molar-refractivity contribution in [1.29, 1.82) is 0 Å². The largest absolute Gasteiger partial charge is 0.456 e. The van der Waals surface area contributed by atoms with Crippen LogP contribution in [0.1, 0.15) is 0 Å². The van der Waals surface area contributed by atoms with Crippen LogP contribution in [-0.4, -0.2) is 4.57 Å². The fourth-order valence-corrected chi connectivity index (χ4v) is 7.29. The van der Waals surface area contributed by atoms with E-state index in [4.69, 9.17) is 4.42 Å². The molecule has 2 heteroatoms. The normalized spacial score (nSPS) is 12.1. The van der Waals surface area contributed by atoms with E-state index < -0.39 is 0 Å². The van der Waals surface area contributed by atoms with Gasteiger partial charge in [-0.15, -0.1) is 0 Å². The SMILES string of the molecule is c1ccc(-n2c3ccccc3c3cc4cc(-c5ccc6c(c5)oc5ccccc56)c5cc6ccccc6cc5c4cc32)cc1. The number of rotatable bonds is 2. The maximum atomic E-state index is 6.33. The molecule has 8 aromatic carbocycles. The Hall–Kier alpha value is -5.86. The standard InChI is InChI=1S/C42H25NO/c1-2-12-30(13-3-1)43-39-16-8-6-14-31(39)38-23-29-22-34(28-18-19-33-32-15-7-9-17-41(32)44-42(33)24-28)36-20-26-10-4-5-11-27(26)21-37(36)35(29)25-40(38)43/h1-25H. The van der Waals surface area contributed by atoms with E-state index in [0.29, 0.717) is 0 Å². The topological polar surface area (TPSA) is 18.1 Å². The molecule has 204 valence electrons. The van der Waals surface area contributed by atoms with Crippen LogP contribution in [0.3, 0.4) is 0 Å². The molecule has 10 aromatic rings. The molecule has 0 bridgehead atoms. The molecule has 2 aromatic heterocycles. The first-order chi connectivity index (χ1) is 21.8. The molecule has 0 aliphatic heterocycles. The number of benzene rings is 8. The second kappa shape index (κ2) is 8.82. The summed E-state index contributed by atoms with van der Waals surface area (Å²) in [7, 11) is 0. The van der Waals surface area contributed by atoms with Crippen LogP contribution in [0.15, 0.2) is 156 Å². The summed E-state index contributed by atoms with van der Waals surface area (Å²) in [6.45, 7) is 0. The van der Waals surface area contributed by atoms with Gasteiger partial charge in [0, 0.05) is 27.2 Å². The van der Waals surface area contributed by atoms with Gasteiger partial charge in [0.05, 0.1) is 11.0 Å². The van der Waals surface area contributed by atoms with Crippen LogP contribution in [0, 0.1) is 0 Å². The Kier molecular flexibility index (Phi) is 4.75. The molecule has 0 saturated carbocycles. The van der Waals surface area contributed by atoms with Gasteiger partial charge in [-0.05, 0) is 110 Å². The lowest BCUT2D eigenvalue weighted by Crippen LogP contribution is -1.93. The molecule has 10 rings (SSSR count). The maximum Gasteiger partial charge on any atom is 0.136 e. The van der Waals surface area contributed by atoms with Gasteiger partial charge in [0.1, 0.15) is 11.2 Å². The number of para-hydroxylation sites is 3. The summed E-state index contributed by atoms with van der Waals surface area (Å²) in [4.78, 5) is 0. The first-order valence-electron chi connectivity index (χ1n) is 15.1. The lowest BCUT2D eigenvalue weighted by molar-refractivity contribution is 0.669. The highest BCUT2D eigenvalue weighted by molar-refractivity contribution is 6.22. The molecule has 0 N–H and O–H groups in total. The highest BCUT2D eigenvalue weighted by Gasteiger charge is 2.17. The molecular formula is C42H25NO. The molecule has 0 spiro atoms. The van der Waals surface area contributed by atoms with Crippen LogP contribution < -0.4 is 0 Å². The van der Waals surface area contributed by atoms with Crippen molar-refractivity contribution in [2.75, 3.05) is 0 Å². The lowest BCUT2D eigenvalue weighted by atomic mass is 9.90. The van der Waals surface area contributed by atoms with Gasteiger partial charge in [0.2, 0.25) is 0 Å². The third-order valence-corrected chi connectivity index (χ3v) is 9.31. The monoisotopic (exact) mass is 559 g/mol. The Bertz CT molecular complexity index is 2760. The molecule has 0 saturated heterocycles. The van der Waals surface area contributed by atoms with Crippen molar-refractivity contribution in [1.82, 2.24) is 4.57 Å². The molecule has 44 heavy (non-hydrogen) atoms. The minimum atomic E-state index is 0.916. The predicted octanol–water partition coefficient (Wildman–Crippen LogP) is 11.8. The van der Waals surface area contributed by atoms with Crippen molar-refractivity contribution < 1.29 is 4.42 Å². The Morgan fingerprint density at radius 2 is 1.05 bits per heavy atom. The third-order valence-electron chi connectivity index (χ3n) is 9.31. The molecule has 0 unspecified atom stereocenters. The maximum absolute atomic E-state index is 6.33. The van der Waals surface area contributed by atoms with Gasteiger partial charge < -0.3 is 8.98 Å². The van der Waals surface area contributed by atoms with Crippen LogP contribution in [0.5, 0.6) is 0 Å². The van der Waals surface area contributed by atoms with Gasteiger partial charge >= 0.3 is 0 Å². The summed E-state index contributed by atoms with van der Waals surface area (Å²) in [5.41, 5.74) is 7.82. The van der Waals surface area contributed by atoms with Crippen molar-refractivity contribution in [2.45, 2.75) is 0 Å². The highest BCUT2D eigenvalue weighted by atomic mass is 16.3. The summed E-state index contributed by atoms with van der Waals surface area (Å²) in [6.07, 6.45) is 0. The quantitative estimate of drug-likeness (QED) is 0.152. The minimum Gasteiger partial charge on any atom is -0.456 e. The highest BCUT2D eigenvalue weighted by Crippen LogP contribution is 2.42. The van der Waals surface area contributed by atoms with Crippen molar-refractivity contribution in [2.24, 2.45) is 0 Å². The lowest BCUT2D eigenvalue weighted by Gasteiger charge is -2.14. The van der Waals surface area contributed by atoms with Gasteiger partial charge in [0.25, 0.3) is 0 Å². The summed E-state index contributed by atoms with van der Waals surface area (Å²) in [6, 6.07) is 55.0. The number of fused-ring (bicyclic) bond motifs is 10. The Labute approximate surface area is 253 Å². The van der Waals surface area contributed by atoms with Crippen LogP contribution >= 0.6 is 0 Å². The first-order valence-corrected chi connectivity index (χ1v) is 15.1. The van der Waals surface area contributed by atoms with Crippen LogP contribution in [0.25, 0.3) is 92.9 Å². The Morgan fingerprint density at radius 1 is 0.364 bits per heavy atom. The zero-order chi connectivity index (χ0) is 28.8. The number of hydrogen-bond acceptors (Lipinski definition) is 1. The van der Waals surface area contributed by atoms with Crippen molar-refractivity contribution in [3.63, 3.8) is 0 Å². The van der Waals surface area contributed by atoms with Crippen molar-refractivity contribution in [3.05, 3.63) is 152 Å². The molecule has 2 heterocycles. The Balaban J connectivity index is 1.34. The van der Waals surface area contributed by atoms with Gasteiger partial charge in [-0.2, -0.15) is 0 Å². The van der Waals surface area contributed by atoms with E-state index >= 15 is 0 Å². The van der Waals surface area contributed by atoms with Gasteiger partial charge in [0.15, 0.2) is 0 Å². The summed E-state index contributed by atoms with van der Waals surface area (Å²) in [5, 5.41) is 12.3. The third kappa shape index (κ3) is 3.31. The second-order valence-electron chi connectivity index (χ2n) is 11.8. The van der Waals surface area contributed by atoms with E-state index in [9.17, 15) is 0 Å². The van der Waals surface area contributed by atoms with E-state index in [0.717, 1.165) is 27.5 Å². The molecule has 0 atom stereocenters. The fourth-order valence-electron chi connectivity index (χ4n) is 7.29. The van der Waals surface area contributed by atoms with E-state index in [2.05, 4.69) is 144 Å². The average Bonchev–Trinajstić information content (AvgIpc) is 3.61. The van der Waals surface area contributed by atoms with Crippen molar-refractivity contribution in [3.8, 4) is 16.8 Å². The van der Waals surface area contributed by atoms with Gasteiger partial charge in [-0.1, -0.05) is 84.9 Å². The summed E-state index contributed by atoms with van der Waals surface area (Å²) >= 11 is 0. The first kappa shape index (κ1) is 23.7. The molecule has 0 amide bonds. The molecule has 2 nitrogen and oxygen atoms in total. The minimum absolute atomic E-state index is 0.916. The predicted molar refractivity (Wildman–Crippen MR) is 186 cm³/mol. The number of furan rings is 1. The Morgan fingerprint density at radius 3 is 1.91 bits per heavy atom. The van der Waals surface area contributed by atoms with Crippen LogP contribution in [0.4, 0.5) is 0 Å². The fraction of sp³-hybridized carbons (Fsp3) is 0. The van der Waals surface area contributed by atoms with Gasteiger partial charge in [-0.3, -0.25) is 0 Å². The molecule has 0 aliphatic rings. The van der Waals surface area contributed by atoms with E-state index in [1.807, 2.05) is 12.1 Å². The van der Waals surface area contributed by atoms with Crippen molar-refractivity contribution >= 4 is 76.1 Å². The smallest absolute Gasteiger partial charge is 0.136 e. The number of nitrogens with zero attached hydrogens (tertiary/aromatic N) is 1. The molecule has 0 fully saturated rings. The molecule has 0 radical (unpaired) electrons. The second-order valence-corrected chi connectivity index (χ2v) is 11.8. The zero-order valence-electron chi connectivity index (χ0n) is 23.8. The van der Waals surface area contributed by atoms with E-state index in [1.54, 1.807) is 0 Å². The zero-order valence-corrected chi connectivity index (χ0v) is 23.8. The van der Waals surface area contributed by atoms with E-state index in [-0.39, 0.29) is 0 Å². The number of hydrogen-bond donors (Lipinski definition) is 0. The molecule has 0 aliphatic carbocycles. The van der Waals surface area contributed by atoms with Crippen LogP contribution in [0.2, 0.25) is 0 Å². The van der Waals surface area contributed by atoms with Crippen LogP contribution in [-0.2, 0) is 0 Å². The summed E-state index contributed by atoms with van der Waals surface area (Å²) in [5.74, 6) is 0. The van der Waals surface area contributed by atoms with Gasteiger partial charge in [-0.25, -0.2) is 0 Å². The summed E-state index contributed by atoms with van der Waals surface area (Å²) < 4.78 is 8.74. The van der Waals surface area contributed by atoms with E-state index in [1.165, 1.54) is 65.4 Å². The number of aromatic nitrogens is 1.